The molecule has 0 aliphatic heterocycles. The average Bonchev–Trinajstić information content (AvgIpc) is 2.85. The summed E-state index contributed by atoms with van der Waals surface area (Å²) in [7, 11) is 0. The first kappa shape index (κ1) is 15.8. The van der Waals surface area contributed by atoms with Gasteiger partial charge in [-0.15, -0.1) is 0 Å². The molecule has 1 aliphatic rings. The molecule has 0 saturated heterocycles. The maximum atomic E-state index is 6.21. The van der Waals surface area contributed by atoms with E-state index in [4.69, 9.17) is 10.3 Å². The van der Waals surface area contributed by atoms with Crippen LogP contribution in [0.4, 0.5) is 0 Å². The van der Waals surface area contributed by atoms with Crippen LogP contribution >= 0.6 is 11.8 Å². The molecule has 1 aromatic rings. The van der Waals surface area contributed by atoms with Crippen molar-refractivity contribution in [3.8, 4) is 0 Å². The van der Waals surface area contributed by atoms with Gasteiger partial charge in [0.25, 0.3) is 0 Å². The summed E-state index contributed by atoms with van der Waals surface area (Å²) in [6.45, 7) is 8.98. The lowest BCUT2D eigenvalue weighted by Crippen LogP contribution is -2.45. The summed E-state index contributed by atoms with van der Waals surface area (Å²) in [5.41, 5.74) is 6.32. The zero-order valence-corrected chi connectivity index (χ0v) is 13.9. The number of nitrogens with zero attached hydrogens (tertiary/aromatic N) is 2. The molecule has 1 fully saturated rings. The van der Waals surface area contributed by atoms with Crippen molar-refractivity contribution >= 4 is 11.8 Å². The van der Waals surface area contributed by atoms with E-state index in [-0.39, 0.29) is 11.5 Å². The second-order valence-corrected chi connectivity index (χ2v) is 7.61. The lowest BCUT2D eigenvalue weighted by molar-refractivity contribution is 0.0806. The van der Waals surface area contributed by atoms with Crippen LogP contribution in [-0.4, -0.2) is 21.9 Å². The molecule has 2 N–H and O–H groups in total. The van der Waals surface area contributed by atoms with Gasteiger partial charge in [0, 0.05) is 12.0 Å². The fourth-order valence-electron chi connectivity index (χ4n) is 3.07. The number of hydrogen-bond donors (Lipinski definition) is 1. The van der Waals surface area contributed by atoms with Crippen LogP contribution in [0.5, 0.6) is 0 Å². The van der Waals surface area contributed by atoms with Gasteiger partial charge >= 0.3 is 0 Å². The van der Waals surface area contributed by atoms with E-state index in [1.165, 1.54) is 6.42 Å². The van der Waals surface area contributed by atoms with Crippen LogP contribution < -0.4 is 5.73 Å². The van der Waals surface area contributed by atoms with E-state index in [0.29, 0.717) is 11.8 Å². The fourth-order valence-corrected chi connectivity index (χ4v) is 3.80. The van der Waals surface area contributed by atoms with Crippen molar-refractivity contribution in [1.82, 2.24) is 10.1 Å². The third-order valence-corrected chi connectivity index (χ3v) is 6.02. The number of rotatable bonds is 5. The Morgan fingerprint density at radius 2 is 2.15 bits per heavy atom. The van der Waals surface area contributed by atoms with Gasteiger partial charge < -0.3 is 10.3 Å². The second kappa shape index (κ2) is 6.48. The second-order valence-electron chi connectivity index (χ2n) is 6.51. The van der Waals surface area contributed by atoms with Crippen molar-refractivity contribution in [3.05, 3.63) is 11.7 Å². The van der Waals surface area contributed by atoms with Crippen LogP contribution in [-0.2, 0) is 5.75 Å². The Morgan fingerprint density at radius 3 is 2.85 bits per heavy atom. The first-order valence-electron chi connectivity index (χ1n) is 7.62. The Kier molecular flexibility index (Phi) is 5.13. The lowest BCUT2D eigenvalue weighted by atomic mass is 9.61. The van der Waals surface area contributed by atoms with Gasteiger partial charge in [-0.05, 0) is 36.3 Å². The Morgan fingerprint density at radius 1 is 1.40 bits per heavy atom. The maximum absolute atomic E-state index is 6.21. The third kappa shape index (κ3) is 3.19. The van der Waals surface area contributed by atoms with Crippen molar-refractivity contribution in [3.63, 3.8) is 0 Å². The van der Waals surface area contributed by atoms with Gasteiger partial charge in [0.05, 0.1) is 5.75 Å². The van der Waals surface area contributed by atoms with Crippen LogP contribution in [0.15, 0.2) is 4.52 Å². The lowest BCUT2D eigenvalue weighted by Gasteiger charge is -2.45. The summed E-state index contributed by atoms with van der Waals surface area (Å²) in [5.74, 6) is 4.42. The molecule has 0 spiro atoms. The van der Waals surface area contributed by atoms with Crippen LogP contribution in [0.25, 0.3) is 0 Å². The first-order chi connectivity index (χ1) is 9.46. The SMILES string of the molecule is CCCSCc1noc(C2CCC(N)C(C)C2(C)C)n1. The zero-order chi connectivity index (χ0) is 14.8. The Balaban J connectivity index is 2.07. The smallest absolute Gasteiger partial charge is 0.230 e. The van der Waals surface area contributed by atoms with Gasteiger partial charge in [0.15, 0.2) is 5.82 Å². The summed E-state index contributed by atoms with van der Waals surface area (Å²) in [6, 6.07) is 0.281. The summed E-state index contributed by atoms with van der Waals surface area (Å²) in [6.07, 6.45) is 3.26. The molecule has 114 valence electrons. The summed E-state index contributed by atoms with van der Waals surface area (Å²) < 4.78 is 5.54. The highest BCUT2D eigenvalue weighted by molar-refractivity contribution is 7.98. The predicted octanol–water partition coefficient (Wildman–Crippen LogP) is 3.58. The molecule has 0 bridgehead atoms. The summed E-state index contributed by atoms with van der Waals surface area (Å²) >= 11 is 1.86. The molecular formula is C15H27N3OS. The monoisotopic (exact) mass is 297 g/mol. The van der Waals surface area contributed by atoms with E-state index in [0.717, 1.165) is 36.1 Å². The maximum Gasteiger partial charge on any atom is 0.230 e. The highest BCUT2D eigenvalue weighted by Crippen LogP contribution is 2.49. The molecule has 0 amide bonds. The molecule has 20 heavy (non-hydrogen) atoms. The molecular weight excluding hydrogens is 270 g/mol. The predicted molar refractivity (Wildman–Crippen MR) is 83.6 cm³/mol. The van der Waals surface area contributed by atoms with Crippen LogP contribution in [0.1, 0.15) is 64.6 Å². The minimum Gasteiger partial charge on any atom is -0.339 e. The molecule has 3 unspecified atom stereocenters. The topological polar surface area (TPSA) is 64.9 Å². The molecule has 1 aromatic heterocycles. The van der Waals surface area contributed by atoms with Gasteiger partial charge in [-0.3, -0.25) is 0 Å². The van der Waals surface area contributed by atoms with Crippen molar-refractivity contribution in [2.24, 2.45) is 17.1 Å². The largest absolute Gasteiger partial charge is 0.339 e. The molecule has 0 radical (unpaired) electrons. The van der Waals surface area contributed by atoms with Gasteiger partial charge in [-0.2, -0.15) is 16.7 Å². The Labute approximate surface area is 126 Å². The number of thioether (sulfide) groups is 1. The van der Waals surface area contributed by atoms with Crippen LogP contribution in [0, 0.1) is 11.3 Å². The third-order valence-electron chi connectivity index (χ3n) is 4.86. The quantitative estimate of drug-likeness (QED) is 0.842. The highest BCUT2D eigenvalue weighted by Gasteiger charge is 2.44. The van der Waals surface area contributed by atoms with E-state index in [1.54, 1.807) is 0 Å². The van der Waals surface area contributed by atoms with Crippen molar-refractivity contribution < 1.29 is 4.52 Å². The summed E-state index contributed by atoms with van der Waals surface area (Å²) in [5, 5.41) is 4.13. The molecule has 1 aliphatic carbocycles. The number of aromatic nitrogens is 2. The van der Waals surface area contributed by atoms with Crippen molar-refractivity contribution in [1.29, 1.82) is 0 Å². The van der Waals surface area contributed by atoms with Crippen molar-refractivity contribution in [2.75, 3.05) is 5.75 Å². The minimum atomic E-state index is 0.109. The van der Waals surface area contributed by atoms with Gasteiger partial charge in [0.2, 0.25) is 5.89 Å². The van der Waals surface area contributed by atoms with E-state index in [2.05, 4.69) is 37.8 Å². The van der Waals surface area contributed by atoms with Crippen molar-refractivity contribution in [2.45, 2.75) is 64.7 Å². The van der Waals surface area contributed by atoms with Gasteiger partial charge in [-0.1, -0.05) is 32.9 Å². The van der Waals surface area contributed by atoms with E-state index in [1.807, 2.05) is 11.8 Å². The summed E-state index contributed by atoms with van der Waals surface area (Å²) in [4.78, 5) is 4.62. The number of hydrogen-bond acceptors (Lipinski definition) is 5. The zero-order valence-electron chi connectivity index (χ0n) is 13.1. The van der Waals surface area contributed by atoms with E-state index in [9.17, 15) is 0 Å². The first-order valence-corrected chi connectivity index (χ1v) is 8.78. The molecule has 1 heterocycles. The Hall–Kier alpha value is -0.550. The molecule has 1 saturated carbocycles. The Bertz CT molecular complexity index is 433. The minimum absolute atomic E-state index is 0.109. The van der Waals surface area contributed by atoms with Crippen LogP contribution in [0.3, 0.4) is 0 Å². The fraction of sp³-hybridized carbons (Fsp3) is 0.867. The van der Waals surface area contributed by atoms with E-state index >= 15 is 0 Å². The molecule has 2 rings (SSSR count). The van der Waals surface area contributed by atoms with Crippen LogP contribution in [0.2, 0.25) is 0 Å². The normalized spacial score (nSPS) is 29.6. The van der Waals surface area contributed by atoms with Gasteiger partial charge in [-0.25, -0.2) is 0 Å². The highest BCUT2D eigenvalue weighted by atomic mass is 32.2. The molecule has 5 heteroatoms. The molecule has 0 aromatic carbocycles. The molecule has 4 nitrogen and oxygen atoms in total. The average molecular weight is 297 g/mol. The standard InChI is InChI=1S/C15H27N3OS/c1-5-8-20-9-13-17-14(19-18-13)11-6-7-12(16)10(2)15(11,3)4/h10-12H,5-9,16H2,1-4H3. The number of nitrogens with two attached hydrogens (primary N) is 1. The molecule has 3 atom stereocenters. The van der Waals surface area contributed by atoms with E-state index < -0.39 is 0 Å². The van der Waals surface area contributed by atoms with Gasteiger partial charge in [0.1, 0.15) is 0 Å².